The van der Waals surface area contributed by atoms with Gasteiger partial charge in [0, 0.05) is 23.1 Å². The van der Waals surface area contributed by atoms with Crippen LogP contribution in [0, 0.1) is 0 Å². The maximum atomic E-state index is 14.1. The van der Waals surface area contributed by atoms with Gasteiger partial charge in [-0.1, -0.05) is 76.2 Å². The van der Waals surface area contributed by atoms with Crippen LogP contribution in [0.2, 0.25) is 0 Å². The maximum absolute atomic E-state index is 14.1. The van der Waals surface area contributed by atoms with Crippen molar-refractivity contribution in [2.75, 3.05) is 26.2 Å². The molecule has 188 valence electrons. The molecule has 4 rings (SSSR count). The normalized spacial score (nSPS) is 11.4. The number of aryl methyl sites for hydroxylation is 2. The van der Waals surface area contributed by atoms with E-state index < -0.39 is 0 Å². The summed E-state index contributed by atoms with van der Waals surface area (Å²) < 4.78 is 12.5. The van der Waals surface area contributed by atoms with Crippen molar-refractivity contribution >= 4 is 16.8 Å². The predicted octanol–water partition coefficient (Wildman–Crippen LogP) is 7.57. The summed E-state index contributed by atoms with van der Waals surface area (Å²) in [6.45, 7) is 12.4. The van der Waals surface area contributed by atoms with Crippen LogP contribution >= 0.6 is 0 Å². The molecule has 0 saturated carbocycles. The van der Waals surface area contributed by atoms with Crippen LogP contribution in [0.3, 0.4) is 0 Å². The lowest BCUT2D eigenvalue weighted by molar-refractivity contribution is 0.104. The van der Waals surface area contributed by atoms with E-state index in [0.717, 1.165) is 72.3 Å². The number of carbonyl (C=O) groups is 1. The Morgan fingerprint density at radius 3 is 2.14 bits per heavy atom. The minimum atomic E-state index is -0.0173. The Bertz CT molecular complexity index is 1280. The zero-order chi connectivity index (χ0) is 25.5. The van der Waals surface area contributed by atoms with Gasteiger partial charge in [-0.2, -0.15) is 0 Å². The number of benzene rings is 3. The summed E-state index contributed by atoms with van der Waals surface area (Å²) in [5.41, 5.74) is 5.08. The first-order chi connectivity index (χ1) is 17.6. The Kier molecular flexibility index (Phi) is 8.61. The molecule has 1 aromatic heterocycles. The third-order valence-electron chi connectivity index (χ3n) is 6.88. The first kappa shape index (κ1) is 25.7. The van der Waals surface area contributed by atoms with Gasteiger partial charge in [-0.05, 0) is 61.7 Å². The molecule has 0 saturated heterocycles. The third kappa shape index (κ3) is 5.39. The number of furan rings is 1. The van der Waals surface area contributed by atoms with Gasteiger partial charge in [0.2, 0.25) is 0 Å². The number of carbonyl (C=O) groups excluding carboxylic acids is 1. The summed E-state index contributed by atoms with van der Waals surface area (Å²) in [6.07, 6.45) is 2.59. The Morgan fingerprint density at radius 2 is 1.50 bits per heavy atom. The van der Waals surface area contributed by atoms with E-state index in [2.05, 4.69) is 32.6 Å². The molecule has 0 unspecified atom stereocenters. The number of para-hydroxylation sites is 1. The molecule has 0 N–H and O–H groups in total. The topological polar surface area (TPSA) is 42.7 Å². The standard InChI is InChI=1S/C32H37NO3/c1-5-23-21-26(22-24(6-2)31(23)35-20-14-19-33(7-3)8-4)30(34)29-27-17-12-13-18-28(27)36-32(29)25-15-10-9-11-16-25/h9-13,15-18,21-22H,5-8,14,19-20H2,1-4H3. The smallest absolute Gasteiger partial charge is 0.197 e. The van der Waals surface area contributed by atoms with Crippen molar-refractivity contribution in [3.8, 4) is 17.1 Å². The highest BCUT2D eigenvalue weighted by Crippen LogP contribution is 2.36. The molecule has 4 aromatic rings. The average Bonchev–Trinajstić information content (AvgIpc) is 3.32. The van der Waals surface area contributed by atoms with Crippen molar-refractivity contribution in [1.82, 2.24) is 4.90 Å². The fourth-order valence-electron chi connectivity index (χ4n) is 4.81. The molecule has 4 nitrogen and oxygen atoms in total. The van der Waals surface area contributed by atoms with Gasteiger partial charge in [-0.15, -0.1) is 0 Å². The van der Waals surface area contributed by atoms with Crippen LogP contribution < -0.4 is 4.74 Å². The third-order valence-corrected chi connectivity index (χ3v) is 6.88. The number of ether oxygens (including phenoxy) is 1. The highest BCUT2D eigenvalue weighted by molar-refractivity contribution is 6.19. The van der Waals surface area contributed by atoms with Gasteiger partial charge in [0.05, 0.1) is 12.2 Å². The SMILES string of the molecule is CCc1cc(C(=O)c2c(-c3ccccc3)oc3ccccc23)cc(CC)c1OCCCN(CC)CC. The second-order valence-corrected chi connectivity index (χ2v) is 9.06. The van der Waals surface area contributed by atoms with E-state index in [-0.39, 0.29) is 5.78 Å². The van der Waals surface area contributed by atoms with Gasteiger partial charge in [0.25, 0.3) is 0 Å². The van der Waals surface area contributed by atoms with E-state index >= 15 is 0 Å². The number of rotatable bonds is 12. The van der Waals surface area contributed by atoms with Crippen LogP contribution in [-0.2, 0) is 12.8 Å². The van der Waals surface area contributed by atoms with Crippen LogP contribution in [0.5, 0.6) is 5.75 Å². The molecular weight excluding hydrogens is 446 g/mol. The molecule has 0 spiro atoms. The Morgan fingerprint density at radius 1 is 0.861 bits per heavy atom. The minimum Gasteiger partial charge on any atom is -0.493 e. The van der Waals surface area contributed by atoms with Crippen LogP contribution in [0.1, 0.15) is 61.2 Å². The van der Waals surface area contributed by atoms with Gasteiger partial charge in [0.1, 0.15) is 17.1 Å². The molecular formula is C32H37NO3. The van der Waals surface area contributed by atoms with Crippen LogP contribution in [0.15, 0.2) is 71.1 Å². The van der Waals surface area contributed by atoms with Crippen LogP contribution in [0.25, 0.3) is 22.3 Å². The van der Waals surface area contributed by atoms with Crippen LogP contribution in [-0.4, -0.2) is 36.9 Å². The zero-order valence-corrected chi connectivity index (χ0v) is 22.0. The summed E-state index contributed by atoms with van der Waals surface area (Å²) in [6, 6.07) is 21.7. The summed E-state index contributed by atoms with van der Waals surface area (Å²) in [7, 11) is 0. The highest BCUT2D eigenvalue weighted by atomic mass is 16.5. The zero-order valence-electron chi connectivity index (χ0n) is 22.0. The monoisotopic (exact) mass is 483 g/mol. The van der Waals surface area contributed by atoms with Crippen molar-refractivity contribution < 1.29 is 13.9 Å². The molecule has 0 atom stereocenters. The fraction of sp³-hybridized carbons (Fsp3) is 0.344. The van der Waals surface area contributed by atoms with E-state index in [1.54, 1.807) is 0 Å². The lowest BCUT2D eigenvalue weighted by atomic mass is 9.93. The molecule has 4 heteroatoms. The first-order valence-electron chi connectivity index (χ1n) is 13.2. The Balaban J connectivity index is 1.69. The van der Waals surface area contributed by atoms with Crippen LogP contribution in [0.4, 0.5) is 0 Å². The lowest BCUT2D eigenvalue weighted by Gasteiger charge is -2.20. The van der Waals surface area contributed by atoms with E-state index in [1.165, 1.54) is 0 Å². The number of nitrogens with zero attached hydrogens (tertiary/aromatic N) is 1. The molecule has 0 aliphatic rings. The predicted molar refractivity (Wildman–Crippen MR) is 148 cm³/mol. The maximum Gasteiger partial charge on any atom is 0.197 e. The molecule has 1 heterocycles. The number of hydrogen-bond donors (Lipinski definition) is 0. The molecule has 3 aromatic carbocycles. The molecule has 0 aliphatic carbocycles. The number of fused-ring (bicyclic) bond motifs is 1. The van der Waals surface area contributed by atoms with E-state index in [1.807, 2.05) is 66.7 Å². The molecule has 0 radical (unpaired) electrons. The lowest BCUT2D eigenvalue weighted by Crippen LogP contribution is -2.25. The average molecular weight is 484 g/mol. The van der Waals surface area contributed by atoms with E-state index in [4.69, 9.17) is 9.15 Å². The molecule has 0 amide bonds. The molecule has 0 aliphatic heterocycles. The quantitative estimate of drug-likeness (QED) is 0.154. The van der Waals surface area contributed by atoms with E-state index in [0.29, 0.717) is 23.5 Å². The number of hydrogen-bond acceptors (Lipinski definition) is 4. The van der Waals surface area contributed by atoms with E-state index in [9.17, 15) is 4.79 Å². The molecule has 0 fully saturated rings. The van der Waals surface area contributed by atoms with Gasteiger partial charge < -0.3 is 14.1 Å². The second kappa shape index (κ2) is 12.0. The fourth-order valence-corrected chi connectivity index (χ4v) is 4.81. The summed E-state index contributed by atoms with van der Waals surface area (Å²) in [5, 5.41) is 0.842. The van der Waals surface area contributed by atoms with Gasteiger partial charge in [0.15, 0.2) is 5.78 Å². The van der Waals surface area contributed by atoms with Crippen molar-refractivity contribution in [2.24, 2.45) is 0 Å². The van der Waals surface area contributed by atoms with Crippen molar-refractivity contribution in [3.63, 3.8) is 0 Å². The Hall–Kier alpha value is -3.37. The minimum absolute atomic E-state index is 0.0173. The summed E-state index contributed by atoms with van der Waals surface area (Å²) in [5.74, 6) is 1.54. The Labute approximate surface area is 214 Å². The summed E-state index contributed by atoms with van der Waals surface area (Å²) >= 11 is 0. The van der Waals surface area contributed by atoms with Crippen molar-refractivity contribution in [3.05, 3.63) is 89.0 Å². The second-order valence-electron chi connectivity index (χ2n) is 9.06. The van der Waals surface area contributed by atoms with Gasteiger partial charge >= 0.3 is 0 Å². The van der Waals surface area contributed by atoms with Gasteiger partial charge in [-0.3, -0.25) is 4.79 Å². The number of ketones is 1. The van der Waals surface area contributed by atoms with Crippen molar-refractivity contribution in [2.45, 2.75) is 47.0 Å². The van der Waals surface area contributed by atoms with Crippen molar-refractivity contribution in [1.29, 1.82) is 0 Å². The summed E-state index contributed by atoms with van der Waals surface area (Å²) in [4.78, 5) is 16.5. The highest BCUT2D eigenvalue weighted by Gasteiger charge is 2.24. The van der Waals surface area contributed by atoms with Gasteiger partial charge in [-0.25, -0.2) is 0 Å². The molecule has 36 heavy (non-hydrogen) atoms. The largest absolute Gasteiger partial charge is 0.493 e. The molecule has 0 bridgehead atoms. The first-order valence-corrected chi connectivity index (χ1v) is 13.2.